The molecule has 0 spiro atoms. The second-order valence-electron chi connectivity index (χ2n) is 3.89. The van der Waals surface area contributed by atoms with Crippen LogP contribution < -0.4 is 0 Å². The fourth-order valence-corrected chi connectivity index (χ4v) is 2.99. The van der Waals surface area contributed by atoms with Gasteiger partial charge in [-0.05, 0) is 6.07 Å². The minimum Gasteiger partial charge on any atom is -0.230 e. The summed E-state index contributed by atoms with van der Waals surface area (Å²) >= 11 is 5.42. The summed E-state index contributed by atoms with van der Waals surface area (Å²) in [6, 6.07) is 0.331. The summed E-state index contributed by atoms with van der Waals surface area (Å²) in [7, 11) is 0.418. The zero-order valence-corrected chi connectivity index (χ0v) is 12.3. The van der Waals surface area contributed by atoms with Gasteiger partial charge in [0.2, 0.25) is 0 Å². The van der Waals surface area contributed by atoms with Crippen molar-refractivity contribution in [3.05, 3.63) is 46.2 Å². The van der Waals surface area contributed by atoms with E-state index in [1.807, 2.05) is 0 Å². The lowest BCUT2D eigenvalue weighted by Gasteiger charge is -2.09. The van der Waals surface area contributed by atoms with Crippen LogP contribution in [0.15, 0.2) is 17.2 Å². The molecule has 118 valence electrons. The van der Waals surface area contributed by atoms with Crippen molar-refractivity contribution in [1.82, 2.24) is 4.98 Å². The molecule has 0 aliphatic rings. The topological polar surface area (TPSA) is 47.0 Å². The third kappa shape index (κ3) is 2.88. The van der Waals surface area contributed by atoms with E-state index in [1.54, 1.807) is 0 Å². The standard InChI is InChI=1S/C11H2Cl2F5NO2S/c12-3-1-6(16)10(19-11(3)22(13,20)21)7-4(14)2-5(15)8(17)9(7)18/h1-2H. The zero-order chi connectivity index (χ0) is 16.8. The van der Waals surface area contributed by atoms with Gasteiger partial charge in [0.25, 0.3) is 9.05 Å². The first kappa shape index (κ1) is 16.9. The Morgan fingerprint density at radius 1 is 0.909 bits per heavy atom. The lowest BCUT2D eigenvalue weighted by molar-refractivity contribution is 0.436. The number of aromatic nitrogens is 1. The number of rotatable bonds is 2. The van der Waals surface area contributed by atoms with E-state index in [-0.39, 0.29) is 6.07 Å². The van der Waals surface area contributed by atoms with Gasteiger partial charge in [-0.2, -0.15) is 0 Å². The van der Waals surface area contributed by atoms with E-state index in [2.05, 4.69) is 4.98 Å². The van der Waals surface area contributed by atoms with E-state index in [0.29, 0.717) is 6.07 Å². The minimum atomic E-state index is -4.57. The van der Waals surface area contributed by atoms with Gasteiger partial charge in [0.05, 0.1) is 10.6 Å². The molecular weight excluding hydrogens is 376 g/mol. The molecule has 2 aromatic rings. The molecule has 0 unspecified atom stereocenters. The molecule has 0 radical (unpaired) electrons. The third-order valence-electron chi connectivity index (χ3n) is 2.48. The van der Waals surface area contributed by atoms with Gasteiger partial charge < -0.3 is 0 Å². The van der Waals surface area contributed by atoms with Gasteiger partial charge in [-0.25, -0.2) is 35.4 Å². The minimum absolute atomic E-state index is 0.0433. The summed E-state index contributed by atoms with van der Waals surface area (Å²) in [4.78, 5) is 3.11. The quantitative estimate of drug-likeness (QED) is 0.343. The maximum Gasteiger partial charge on any atom is 0.280 e. The average Bonchev–Trinajstić information content (AvgIpc) is 2.37. The first-order valence-electron chi connectivity index (χ1n) is 5.18. The Kier molecular flexibility index (Phi) is 4.33. The summed E-state index contributed by atoms with van der Waals surface area (Å²) in [5.41, 5.74) is -2.62. The summed E-state index contributed by atoms with van der Waals surface area (Å²) in [5, 5.41) is -1.84. The van der Waals surface area contributed by atoms with Gasteiger partial charge in [-0.3, -0.25) is 0 Å². The Labute approximate surface area is 129 Å². The van der Waals surface area contributed by atoms with Crippen LogP contribution in [0.5, 0.6) is 0 Å². The Balaban J connectivity index is 2.88. The van der Waals surface area contributed by atoms with E-state index in [4.69, 9.17) is 22.3 Å². The van der Waals surface area contributed by atoms with E-state index < -0.39 is 59.4 Å². The van der Waals surface area contributed by atoms with Gasteiger partial charge in [0.1, 0.15) is 11.5 Å². The van der Waals surface area contributed by atoms with Crippen molar-refractivity contribution in [3.8, 4) is 11.3 Å². The van der Waals surface area contributed by atoms with Gasteiger partial charge in [-0.1, -0.05) is 11.6 Å². The largest absolute Gasteiger partial charge is 0.280 e. The van der Waals surface area contributed by atoms with Gasteiger partial charge >= 0.3 is 0 Å². The molecule has 0 amide bonds. The number of hydrogen-bond donors (Lipinski definition) is 0. The van der Waals surface area contributed by atoms with Crippen molar-refractivity contribution >= 4 is 31.3 Å². The summed E-state index contributed by atoms with van der Waals surface area (Å²) in [5.74, 6) is -9.16. The Hall–Kier alpha value is -1.45. The first-order chi connectivity index (χ1) is 10.0. The predicted octanol–water partition coefficient (Wildman–Crippen LogP) is 4.03. The zero-order valence-electron chi connectivity index (χ0n) is 9.97. The van der Waals surface area contributed by atoms with Crippen LogP contribution in [-0.2, 0) is 9.05 Å². The summed E-state index contributed by atoms with van der Waals surface area (Å²) in [6.07, 6.45) is 0. The monoisotopic (exact) mass is 377 g/mol. The fraction of sp³-hybridized carbons (Fsp3) is 0. The highest BCUT2D eigenvalue weighted by Gasteiger charge is 2.27. The maximum absolute atomic E-state index is 13.8. The normalized spacial score (nSPS) is 11.8. The molecule has 1 aromatic heterocycles. The molecule has 0 aliphatic carbocycles. The highest BCUT2D eigenvalue weighted by atomic mass is 35.7. The van der Waals surface area contributed by atoms with E-state index >= 15 is 0 Å². The van der Waals surface area contributed by atoms with Crippen molar-refractivity contribution in [2.24, 2.45) is 0 Å². The molecule has 0 saturated heterocycles. The maximum atomic E-state index is 13.8. The smallest absolute Gasteiger partial charge is 0.230 e. The first-order valence-corrected chi connectivity index (χ1v) is 7.86. The average molecular weight is 378 g/mol. The number of pyridine rings is 1. The van der Waals surface area contributed by atoms with Crippen LogP contribution in [0.25, 0.3) is 11.3 Å². The summed E-state index contributed by atoms with van der Waals surface area (Å²) in [6.45, 7) is 0. The second kappa shape index (κ2) is 5.64. The van der Waals surface area contributed by atoms with Crippen molar-refractivity contribution in [2.45, 2.75) is 5.03 Å². The van der Waals surface area contributed by atoms with E-state index in [1.165, 1.54) is 0 Å². The molecule has 22 heavy (non-hydrogen) atoms. The fourth-order valence-electron chi connectivity index (χ4n) is 1.58. The number of hydrogen-bond acceptors (Lipinski definition) is 3. The highest BCUT2D eigenvalue weighted by molar-refractivity contribution is 8.13. The molecule has 0 atom stereocenters. The van der Waals surface area contributed by atoms with E-state index in [0.717, 1.165) is 0 Å². The molecule has 1 aromatic carbocycles. The number of nitrogens with zero attached hydrogens (tertiary/aromatic N) is 1. The Morgan fingerprint density at radius 3 is 2.05 bits per heavy atom. The van der Waals surface area contributed by atoms with Gasteiger partial charge in [-0.15, -0.1) is 0 Å². The van der Waals surface area contributed by atoms with Crippen molar-refractivity contribution in [1.29, 1.82) is 0 Å². The van der Waals surface area contributed by atoms with Crippen LogP contribution in [0.2, 0.25) is 5.02 Å². The van der Waals surface area contributed by atoms with Crippen LogP contribution in [0.3, 0.4) is 0 Å². The predicted molar refractivity (Wildman–Crippen MR) is 67.5 cm³/mol. The van der Waals surface area contributed by atoms with Crippen LogP contribution >= 0.6 is 22.3 Å². The van der Waals surface area contributed by atoms with Crippen molar-refractivity contribution < 1.29 is 30.4 Å². The lowest BCUT2D eigenvalue weighted by Crippen LogP contribution is -2.05. The molecular formula is C11H2Cl2F5NO2S. The molecule has 0 aliphatic heterocycles. The van der Waals surface area contributed by atoms with Gasteiger partial charge in [0.15, 0.2) is 28.3 Å². The van der Waals surface area contributed by atoms with Crippen LogP contribution in [-0.4, -0.2) is 13.4 Å². The van der Waals surface area contributed by atoms with Gasteiger partial charge in [0, 0.05) is 16.7 Å². The lowest BCUT2D eigenvalue weighted by atomic mass is 10.1. The molecule has 0 bridgehead atoms. The third-order valence-corrected chi connectivity index (χ3v) is 4.09. The second-order valence-corrected chi connectivity index (χ2v) is 6.78. The van der Waals surface area contributed by atoms with Crippen molar-refractivity contribution in [3.63, 3.8) is 0 Å². The van der Waals surface area contributed by atoms with E-state index in [9.17, 15) is 30.4 Å². The SMILES string of the molecule is O=S(=O)(Cl)c1nc(-c2c(F)cc(F)c(F)c2F)c(F)cc1Cl. The molecule has 2 rings (SSSR count). The van der Waals surface area contributed by atoms with Crippen LogP contribution in [0.1, 0.15) is 0 Å². The Morgan fingerprint density at radius 2 is 1.50 bits per heavy atom. The van der Waals surface area contributed by atoms with Crippen LogP contribution in [0, 0.1) is 29.1 Å². The summed E-state index contributed by atoms with van der Waals surface area (Å²) < 4.78 is 89.5. The van der Waals surface area contributed by atoms with Crippen molar-refractivity contribution in [2.75, 3.05) is 0 Å². The van der Waals surface area contributed by atoms with Crippen LogP contribution in [0.4, 0.5) is 22.0 Å². The number of benzene rings is 1. The molecule has 1 heterocycles. The molecule has 0 saturated carbocycles. The Bertz CT molecular complexity index is 889. The highest BCUT2D eigenvalue weighted by Crippen LogP contribution is 2.33. The molecule has 11 heteroatoms. The molecule has 3 nitrogen and oxygen atoms in total. The number of halogens is 7. The molecule has 0 N–H and O–H groups in total. The molecule has 0 fully saturated rings.